The van der Waals surface area contributed by atoms with Gasteiger partial charge in [-0.15, -0.1) is 13.2 Å². The molecule has 10 nitrogen and oxygen atoms in total. The third-order valence-corrected chi connectivity index (χ3v) is 6.66. The molecule has 1 aliphatic rings. The van der Waals surface area contributed by atoms with Crippen molar-refractivity contribution >= 4 is 15.7 Å². The van der Waals surface area contributed by atoms with Gasteiger partial charge in [-0.25, -0.2) is 18.4 Å². The molecule has 1 fully saturated rings. The summed E-state index contributed by atoms with van der Waals surface area (Å²) in [5.41, 5.74) is 0.937. The highest BCUT2D eigenvalue weighted by molar-refractivity contribution is 7.91. The minimum absolute atomic E-state index is 0.117. The minimum atomic E-state index is -4.84. The molecule has 3 heterocycles. The van der Waals surface area contributed by atoms with Crippen LogP contribution in [-0.2, 0) is 16.9 Å². The first kappa shape index (κ1) is 23.6. The van der Waals surface area contributed by atoms with E-state index in [-0.39, 0.29) is 17.2 Å². The van der Waals surface area contributed by atoms with E-state index in [2.05, 4.69) is 25.1 Å². The predicted octanol–water partition coefficient (Wildman–Crippen LogP) is 1.33. The molecule has 0 spiro atoms. The number of aliphatic hydroxyl groups is 1. The normalized spacial score (nSPS) is 19.7. The molecule has 1 aromatic carbocycles. The van der Waals surface area contributed by atoms with E-state index in [9.17, 15) is 31.5 Å². The van der Waals surface area contributed by atoms with Crippen LogP contribution >= 0.6 is 0 Å². The van der Waals surface area contributed by atoms with Crippen molar-refractivity contribution < 1.29 is 36.2 Å². The summed E-state index contributed by atoms with van der Waals surface area (Å²) in [7, 11) is -1.82. The molecule has 2 aromatic heterocycles. The summed E-state index contributed by atoms with van der Waals surface area (Å²) < 4.78 is 66.2. The Labute approximate surface area is 191 Å². The van der Waals surface area contributed by atoms with Crippen LogP contribution in [-0.4, -0.2) is 69.2 Å². The van der Waals surface area contributed by atoms with E-state index in [1.54, 1.807) is 13.2 Å². The lowest BCUT2D eigenvalue weighted by molar-refractivity contribution is -0.274. The second-order valence-corrected chi connectivity index (χ2v) is 9.81. The first-order valence-electron chi connectivity index (χ1n) is 9.82. The number of carbonyl (C=O) groups is 1. The molecule has 2 N–H and O–H groups in total. The van der Waals surface area contributed by atoms with Crippen molar-refractivity contribution in [3.8, 4) is 28.4 Å². The molecule has 0 saturated carbocycles. The van der Waals surface area contributed by atoms with Crippen LogP contribution in [0.5, 0.6) is 5.75 Å². The van der Waals surface area contributed by atoms with Crippen molar-refractivity contribution in [3.63, 3.8) is 0 Å². The van der Waals surface area contributed by atoms with Crippen LogP contribution < -0.4 is 10.1 Å². The molecule has 1 aliphatic heterocycles. The van der Waals surface area contributed by atoms with E-state index in [4.69, 9.17) is 0 Å². The zero-order valence-corrected chi connectivity index (χ0v) is 18.3. The summed E-state index contributed by atoms with van der Waals surface area (Å²) in [6.07, 6.45) is -3.02. The van der Waals surface area contributed by atoms with Crippen LogP contribution in [0.25, 0.3) is 22.6 Å². The molecule has 2 atom stereocenters. The van der Waals surface area contributed by atoms with Gasteiger partial charge in [-0.2, -0.15) is 5.10 Å². The number of aryl methyl sites for hydroxylation is 1. The fraction of sp³-hybridized carbons (Fsp3) is 0.300. The highest BCUT2D eigenvalue weighted by Crippen LogP contribution is 2.27. The largest absolute Gasteiger partial charge is 0.573 e. The summed E-state index contributed by atoms with van der Waals surface area (Å²) in [5.74, 6) is -1.92. The molecule has 3 aromatic rings. The van der Waals surface area contributed by atoms with Crippen LogP contribution in [0, 0.1) is 0 Å². The van der Waals surface area contributed by atoms with Crippen molar-refractivity contribution in [1.29, 1.82) is 0 Å². The second kappa shape index (κ2) is 8.68. The van der Waals surface area contributed by atoms with Gasteiger partial charge in [-0.1, -0.05) is 0 Å². The summed E-state index contributed by atoms with van der Waals surface area (Å²) in [6, 6.07) is 5.20. The second-order valence-electron chi connectivity index (χ2n) is 7.66. The third kappa shape index (κ3) is 5.51. The Hall–Kier alpha value is -3.52. The number of sulfone groups is 1. The van der Waals surface area contributed by atoms with Gasteiger partial charge in [0.2, 0.25) is 0 Å². The monoisotopic (exact) mass is 497 g/mol. The Bertz CT molecular complexity index is 1330. The maximum atomic E-state index is 12.9. The van der Waals surface area contributed by atoms with Gasteiger partial charge in [0.05, 0.1) is 41.1 Å². The molecule has 0 unspecified atom stereocenters. The summed E-state index contributed by atoms with van der Waals surface area (Å²) in [6.45, 7) is 0. The van der Waals surface area contributed by atoms with Crippen LogP contribution in [0.2, 0.25) is 0 Å². The van der Waals surface area contributed by atoms with Gasteiger partial charge in [0.1, 0.15) is 11.4 Å². The molecule has 0 radical (unpaired) electrons. The molecule has 180 valence electrons. The standard InChI is InChI=1S/C20H18F3N5O5S/c1-28-8-12(7-24-28)18-25-14(11-2-4-13(5-3-11)33-20(21,22)23)6-15(26-18)19(30)27-16-9-34(31,32)10-17(16)29/h2-8,16-17,29H,9-10H2,1H3,(H,27,30)/t16-,17+/m1/s1. The molecule has 4 rings (SSSR count). The maximum absolute atomic E-state index is 12.9. The summed E-state index contributed by atoms with van der Waals surface area (Å²) in [4.78, 5) is 21.5. The summed E-state index contributed by atoms with van der Waals surface area (Å²) >= 11 is 0. The van der Waals surface area contributed by atoms with Crippen molar-refractivity contribution in [2.75, 3.05) is 11.5 Å². The number of hydrogen-bond acceptors (Lipinski definition) is 8. The first-order chi connectivity index (χ1) is 15.9. The van der Waals surface area contributed by atoms with Gasteiger partial charge in [0.15, 0.2) is 15.7 Å². The number of nitrogens with zero attached hydrogens (tertiary/aromatic N) is 4. The zero-order chi connectivity index (χ0) is 24.7. The van der Waals surface area contributed by atoms with Crippen LogP contribution in [0.1, 0.15) is 10.5 Å². The smallest absolute Gasteiger partial charge is 0.406 e. The van der Waals surface area contributed by atoms with Crippen molar-refractivity contribution in [3.05, 3.63) is 48.4 Å². The number of aromatic nitrogens is 4. The Kier molecular flexibility index (Phi) is 6.03. The SMILES string of the molecule is Cn1cc(-c2nc(C(=O)N[C@@H]3CS(=O)(=O)C[C@@H]3O)cc(-c3ccc(OC(F)(F)F)cc3)n2)cn1. The van der Waals surface area contributed by atoms with Crippen LogP contribution in [0.3, 0.4) is 0 Å². The van der Waals surface area contributed by atoms with Crippen molar-refractivity contribution in [2.45, 2.75) is 18.5 Å². The fourth-order valence-corrected chi connectivity index (χ4v) is 5.16. The Morgan fingerprint density at radius 3 is 2.44 bits per heavy atom. The van der Waals surface area contributed by atoms with Crippen LogP contribution in [0.15, 0.2) is 42.7 Å². The average Bonchev–Trinajstić information content (AvgIpc) is 3.28. The van der Waals surface area contributed by atoms with Crippen LogP contribution in [0.4, 0.5) is 13.2 Å². The Morgan fingerprint density at radius 2 is 1.88 bits per heavy atom. The number of nitrogens with one attached hydrogen (secondary N) is 1. The minimum Gasteiger partial charge on any atom is -0.406 e. The first-order valence-corrected chi connectivity index (χ1v) is 11.6. The lowest BCUT2D eigenvalue weighted by Gasteiger charge is -2.15. The fourth-order valence-electron chi connectivity index (χ4n) is 3.41. The van der Waals surface area contributed by atoms with E-state index in [0.717, 1.165) is 12.1 Å². The number of alkyl halides is 3. The number of rotatable bonds is 5. The number of hydrogen-bond donors (Lipinski definition) is 2. The molecular weight excluding hydrogens is 479 g/mol. The number of halogens is 3. The number of aliphatic hydroxyl groups excluding tert-OH is 1. The molecule has 0 bridgehead atoms. The van der Waals surface area contributed by atoms with Gasteiger partial charge in [0, 0.05) is 18.8 Å². The average molecular weight is 497 g/mol. The number of ether oxygens (including phenoxy) is 1. The molecule has 14 heteroatoms. The number of benzene rings is 1. The maximum Gasteiger partial charge on any atom is 0.573 e. The van der Waals surface area contributed by atoms with Gasteiger partial charge in [-0.05, 0) is 30.3 Å². The van der Waals surface area contributed by atoms with E-state index in [0.29, 0.717) is 11.1 Å². The number of carbonyl (C=O) groups excluding carboxylic acids is 1. The molecule has 34 heavy (non-hydrogen) atoms. The third-order valence-electron chi connectivity index (χ3n) is 4.94. The molecule has 1 amide bonds. The quantitative estimate of drug-likeness (QED) is 0.539. The van der Waals surface area contributed by atoms with Crippen molar-refractivity contribution in [2.24, 2.45) is 7.05 Å². The topological polar surface area (TPSA) is 136 Å². The Balaban J connectivity index is 1.68. The number of amides is 1. The van der Waals surface area contributed by atoms with Gasteiger partial charge in [-0.3, -0.25) is 9.48 Å². The van der Waals surface area contributed by atoms with Gasteiger partial charge < -0.3 is 15.2 Å². The highest BCUT2D eigenvalue weighted by atomic mass is 32.2. The van der Waals surface area contributed by atoms with Gasteiger partial charge >= 0.3 is 6.36 Å². The van der Waals surface area contributed by atoms with E-state index in [1.807, 2.05) is 0 Å². The Morgan fingerprint density at radius 1 is 1.18 bits per heavy atom. The van der Waals surface area contributed by atoms with E-state index < -0.39 is 51.5 Å². The molecular formula is C20H18F3N5O5S. The molecule has 0 aliphatic carbocycles. The van der Waals surface area contributed by atoms with Gasteiger partial charge in [0.25, 0.3) is 5.91 Å². The lowest BCUT2D eigenvalue weighted by atomic mass is 10.1. The van der Waals surface area contributed by atoms with E-state index >= 15 is 0 Å². The van der Waals surface area contributed by atoms with E-state index in [1.165, 1.54) is 29.1 Å². The summed E-state index contributed by atoms with van der Waals surface area (Å²) in [5, 5.41) is 16.5. The molecule has 1 saturated heterocycles. The highest BCUT2D eigenvalue weighted by Gasteiger charge is 2.37. The van der Waals surface area contributed by atoms with Crippen molar-refractivity contribution in [1.82, 2.24) is 25.1 Å². The zero-order valence-electron chi connectivity index (χ0n) is 17.5. The lowest BCUT2D eigenvalue weighted by Crippen LogP contribution is -2.42. The predicted molar refractivity (Wildman–Crippen MR) is 112 cm³/mol.